The van der Waals surface area contributed by atoms with Crippen LogP contribution < -0.4 is 5.73 Å². The second-order valence-electron chi connectivity index (χ2n) is 8.04. The molecule has 3 heterocycles. The largest absolute Gasteiger partial charge is 0.368 e. The number of nitrogen functional groups attached to an aromatic ring is 1. The number of nitrogens with zero attached hydrogens (tertiary/aromatic N) is 3. The average Bonchev–Trinajstić information content (AvgIpc) is 3.54. The van der Waals surface area contributed by atoms with Gasteiger partial charge >= 0.3 is 0 Å². The van der Waals surface area contributed by atoms with Crippen LogP contribution in [0.1, 0.15) is 13.8 Å². The van der Waals surface area contributed by atoms with Crippen LogP contribution in [0.2, 0.25) is 0 Å². The highest BCUT2D eigenvalue weighted by Gasteiger charge is 2.26. The van der Waals surface area contributed by atoms with E-state index in [0.29, 0.717) is 16.9 Å². The van der Waals surface area contributed by atoms with Gasteiger partial charge in [0.1, 0.15) is 5.82 Å². The number of halogens is 3. The SMILES string of the molecule is CC(C)S(=O)(=O)n1c(N)nc2ccc(-c3nc(-c4cccs4)[nH]c3-c3ccc(F)c(F)c3F)cc21. The van der Waals surface area contributed by atoms with E-state index in [0.717, 1.165) is 21.0 Å². The van der Waals surface area contributed by atoms with Gasteiger partial charge < -0.3 is 10.7 Å². The molecule has 0 saturated heterocycles. The molecule has 0 saturated carbocycles. The monoisotopic (exact) mass is 517 g/mol. The standard InChI is InChI=1S/C23H18F3N5O2S2/c1-11(2)35(32,33)31-16-10-12(5-8-15(16)28-23(31)27)20-21(13-6-7-14(24)19(26)18(13)25)30-22(29-20)17-4-3-9-34-17/h3-11H,1-2H3,(H2,27,28)(H,29,30). The molecule has 2 aromatic carbocycles. The lowest BCUT2D eigenvalue weighted by Crippen LogP contribution is -2.23. The van der Waals surface area contributed by atoms with Gasteiger partial charge in [0.05, 0.1) is 32.5 Å². The Kier molecular flexibility index (Phi) is 5.44. The molecule has 0 spiro atoms. The number of nitrogens with two attached hydrogens (primary N) is 1. The van der Waals surface area contributed by atoms with Crippen LogP contribution in [0, 0.1) is 17.5 Å². The quantitative estimate of drug-likeness (QED) is 0.303. The average molecular weight is 518 g/mol. The zero-order chi connectivity index (χ0) is 25.1. The van der Waals surface area contributed by atoms with Crippen LogP contribution in [0.3, 0.4) is 0 Å². The number of anilines is 1. The zero-order valence-corrected chi connectivity index (χ0v) is 20.0. The van der Waals surface area contributed by atoms with Crippen LogP contribution >= 0.6 is 11.3 Å². The molecule has 5 rings (SSSR count). The number of thiophene rings is 1. The fourth-order valence-corrected chi connectivity index (χ4v) is 5.54. The minimum Gasteiger partial charge on any atom is -0.368 e. The fourth-order valence-electron chi connectivity index (χ4n) is 3.72. The zero-order valence-electron chi connectivity index (χ0n) is 18.4. The molecule has 0 amide bonds. The van der Waals surface area contributed by atoms with Gasteiger partial charge in [0.15, 0.2) is 17.5 Å². The van der Waals surface area contributed by atoms with Crippen LogP contribution in [0.5, 0.6) is 0 Å². The first-order chi connectivity index (χ1) is 16.6. The molecule has 12 heteroatoms. The van der Waals surface area contributed by atoms with E-state index in [9.17, 15) is 21.6 Å². The molecule has 0 aliphatic rings. The van der Waals surface area contributed by atoms with Gasteiger partial charge in [-0.3, -0.25) is 0 Å². The highest BCUT2D eigenvalue weighted by molar-refractivity contribution is 7.90. The third-order valence-corrected chi connectivity index (χ3v) is 8.48. The lowest BCUT2D eigenvalue weighted by molar-refractivity contribution is 0.449. The van der Waals surface area contributed by atoms with Crippen molar-refractivity contribution in [2.75, 3.05) is 5.73 Å². The van der Waals surface area contributed by atoms with E-state index in [2.05, 4.69) is 15.0 Å². The summed E-state index contributed by atoms with van der Waals surface area (Å²) in [6, 6.07) is 10.3. The number of hydrogen-bond acceptors (Lipinski definition) is 6. The summed E-state index contributed by atoms with van der Waals surface area (Å²) in [5.74, 6) is -4.10. The maximum atomic E-state index is 14.8. The number of aromatic amines is 1. The third kappa shape index (κ3) is 3.69. The Morgan fingerprint density at radius 3 is 2.51 bits per heavy atom. The van der Waals surface area contributed by atoms with Gasteiger partial charge in [-0.2, -0.15) is 0 Å². The second-order valence-corrected chi connectivity index (χ2v) is 11.3. The maximum absolute atomic E-state index is 14.8. The Balaban J connectivity index is 1.79. The lowest BCUT2D eigenvalue weighted by atomic mass is 10.0. The van der Waals surface area contributed by atoms with E-state index < -0.39 is 32.7 Å². The van der Waals surface area contributed by atoms with Crippen molar-refractivity contribution >= 4 is 38.3 Å². The molecule has 0 atom stereocenters. The van der Waals surface area contributed by atoms with E-state index in [1.165, 1.54) is 31.3 Å². The van der Waals surface area contributed by atoms with Gasteiger partial charge in [0.2, 0.25) is 16.0 Å². The molecular formula is C23H18F3N5O2S2. The minimum atomic E-state index is -3.85. The van der Waals surface area contributed by atoms with Crippen LogP contribution in [-0.2, 0) is 10.0 Å². The number of nitrogens with one attached hydrogen (secondary N) is 1. The molecule has 0 aliphatic carbocycles. The summed E-state index contributed by atoms with van der Waals surface area (Å²) in [6.45, 7) is 3.05. The van der Waals surface area contributed by atoms with Gasteiger partial charge in [-0.05, 0) is 49.6 Å². The number of benzene rings is 2. The van der Waals surface area contributed by atoms with E-state index in [4.69, 9.17) is 5.73 Å². The molecule has 3 N–H and O–H groups in total. The highest BCUT2D eigenvalue weighted by atomic mass is 32.2. The molecule has 3 aromatic heterocycles. The summed E-state index contributed by atoms with van der Waals surface area (Å²) in [5, 5.41) is 1.06. The predicted molar refractivity (Wildman–Crippen MR) is 130 cm³/mol. The minimum absolute atomic E-state index is 0.106. The van der Waals surface area contributed by atoms with E-state index >= 15 is 0 Å². The molecule has 0 fully saturated rings. The van der Waals surface area contributed by atoms with Crippen molar-refractivity contribution in [1.82, 2.24) is 18.9 Å². The Labute approximate surface area is 202 Å². The lowest BCUT2D eigenvalue weighted by Gasteiger charge is -2.11. The summed E-state index contributed by atoms with van der Waals surface area (Å²) in [4.78, 5) is 12.5. The molecule has 5 aromatic rings. The first kappa shape index (κ1) is 23.1. The van der Waals surface area contributed by atoms with Crippen LogP contribution in [-0.4, -0.2) is 32.6 Å². The molecule has 7 nitrogen and oxygen atoms in total. The van der Waals surface area contributed by atoms with E-state index in [1.54, 1.807) is 18.2 Å². The van der Waals surface area contributed by atoms with Crippen molar-refractivity contribution in [3.05, 3.63) is 65.3 Å². The summed E-state index contributed by atoms with van der Waals surface area (Å²) >= 11 is 1.38. The maximum Gasteiger partial charge on any atom is 0.244 e. The van der Waals surface area contributed by atoms with Gasteiger partial charge in [0.25, 0.3) is 0 Å². The number of rotatable bonds is 5. The number of hydrogen-bond donors (Lipinski definition) is 2. The fraction of sp³-hybridized carbons (Fsp3) is 0.130. The van der Waals surface area contributed by atoms with Crippen LogP contribution in [0.15, 0.2) is 47.8 Å². The highest BCUT2D eigenvalue weighted by Crippen LogP contribution is 2.37. The smallest absolute Gasteiger partial charge is 0.244 e. The van der Waals surface area contributed by atoms with Gasteiger partial charge in [-0.15, -0.1) is 11.3 Å². The summed E-state index contributed by atoms with van der Waals surface area (Å²) in [6.07, 6.45) is 0. The number of aromatic nitrogens is 4. The molecule has 0 aliphatic heterocycles. The van der Waals surface area contributed by atoms with Crippen molar-refractivity contribution in [3.8, 4) is 33.2 Å². The molecule has 0 radical (unpaired) electrons. The van der Waals surface area contributed by atoms with Crippen LogP contribution in [0.4, 0.5) is 19.1 Å². The number of imidazole rings is 2. The number of H-pyrrole nitrogens is 1. The van der Waals surface area contributed by atoms with Crippen molar-refractivity contribution in [2.45, 2.75) is 19.1 Å². The summed E-state index contributed by atoms with van der Waals surface area (Å²) in [7, 11) is -3.85. The van der Waals surface area contributed by atoms with Crippen molar-refractivity contribution in [3.63, 3.8) is 0 Å². The van der Waals surface area contributed by atoms with Crippen molar-refractivity contribution in [1.29, 1.82) is 0 Å². The topological polar surface area (TPSA) is 107 Å². The van der Waals surface area contributed by atoms with Gasteiger partial charge in [-0.1, -0.05) is 12.1 Å². The molecule has 0 bridgehead atoms. The van der Waals surface area contributed by atoms with Crippen molar-refractivity contribution < 1.29 is 21.6 Å². The van der Waals surface area contributed by atoms with Crippen molar-refractivity contribution in [2.24, 2.45) is 0 Å². The van der Waals surface area contributed by atoms with Gasteiger partial charge in [0, 0.05) is 11.1 Å². The van der Waals surface area contributed by atoms with Gasteiger partial charge in [-0.25, -0.2) is 35.5 Å². The number of fused-ring (bicyclic) bond motifs is 1. The first-order valence-electron chi connectivity index (χ1n) is 10.4. The molecule has 180 valence electrons. The Morgan fingerprint density at radius 1 is 1.06 bits per heavy atom. The third-order valence-electron chi connectivity index (χ3n) is 5.52. The molecular weight excluding hydrogens is 499 g/mol. The Hall–Kier alpha value is -3.64. The molecule has 35 heavy (non-hydrogen) atoms. The second kappa shape index (κ2) is 8.24. The summed E-state index contributed by atoms with van der Waals surface area (Å²) < 4.78 is 69.3. The normalized spacial score (nSPS) is 12.2. The Morgan fingerprint density at radius 2 is 1.83 bits per heavy atom. The van der Waals surface area contributed by atoms with E-state index in [1.807, 2.05) is 11.4 Å². The summed E-state index contributed by atoms with van der Waals surface area (Å²) in [5.41, 5.74) is 6.98. The predicted octanol–water partition coefficient (Wildman–Crippen LogP) is 5.41. The molecule has 0 unspecified atom stereocenters. The Bertz CT molecular complexity index is 1690. The first-order valence-corrected chi connectivity index (χ1v) is 12.8. The van der Waals surface area contributed by atoms with Crippen LogP contribution in [0.25, 0.3) is 44.2 Å². The van der Waals surface area contributed by atoms with E-state index in [-0.39, 0.29) is 28.4 Å².